The number of carbonyl (C=O) groups is 1. The Hall–Kier alpha value is -1.68. The SMILES string of the molecule is COC(=O)c1nc(C)sc1-c1cc(C)cc(C)c1. The average Bonchev–Trinajstić information content (AvgIpc) is 2.69. The third-order valence-corrected chi connectivity index (χ3v) is 3.62. The minimum absolute atomic E-state index is 0.381. The molecule has 0 N–H and O–H groups in total. The summed E-state index contributed by atoms with van der Waals surface area (Å²) in [7, 11) is 1.38. The van der Waals surface area contributed by atoms with Crippen molar-refractivity contribution in [3.05, 3.63) is 40.0 Å². The van der Waals surface area contributed by atoms with Gasteiger partial charge in [0.1, 0.15) is 0 Å². The molecule has 2 rings (SSSR count). The van der Waals surface area contributed by atoms with E-state index in [4.69, 9.17) is 4.74 Å². The Morgan fingerprint density at radius 2 is 1.78 bits per heavy atom. The maximum Gasteiger partial charge on any atom is 0.358 e. The predicted molar refractivity (Wildman–Crippen MR) is 73.1 cm³/mol. The highest BCUT2D eigenvalue weighted by Gasteiger charge is 2.18. The molecule has 1 aromatic heterocycles. The molecule has 0 amide bonds. The maximum absolute atomic E-state index is 11.7. The van der Waals surface area contributed by atoms with Gasteiger partial charge < -0.3 is 4.74 Å². The van der Waals surface area contributed by atoms with E-state index in [1.54, 1.807) is 0 Å². The molecule has 2 aromatic rings. The smallest absolute Gasteiger partial charge is 0.358 e. The lowest BCUT2D eigenvalue weighted by atomic mass is 10.1. The van der Waals surface area contributed by atoms with Crippen molar-refractivity contribution in [2.45, 2.75) is 20.8 Å². The van der Waals surface area contributed by atoms with Crippen LogP contribution in [0.25, 0.3) is 10.4 Å². The zero-order chi connectivity index (χ0) is 13.3. The number of nitrogens with zero attached hydrogens (tertiary/aromatic N) is 1. The number of ether oxygens (including phenoxy) is 1. The van der Waals surface area contributed by atoms with Crippen LogP contribution in [0.15, 0.2) is 18.2 Å². The van der Waals surface area contributed by atoms with Gasteiger partial charge in [-0.25, -0.2) is 9.78 Å². The summed E-state index contributed by atoms with van der Waals surface area (Å²) in [6.07, 6.45) is 0. The van der Waals surface area contributed by atoms with E-state index in [-0.39, 0.29) is 5.97 Å². The van der Waals surface area contributed by atoms with Crippen LogP contribution in [0.1, 0.15) is 26.6 Å². The zero-order valence-corrected chi connectivity index (χ0v) is 11.7. The number of benzene rings is 1. The highest BCUT2D eigenvalue weighted by molar-refractivity contribution is 7.15. The fourth-order valence-electron chi connectivity index (χ4n) is 1.96. The number of rotatable bonds is 2. The van der Waals surface area contributed by atoms with E-state index in [0.717, 1.165) is 15.4 Å². The van der Waals surface area contributed by atoms with Crippen molar-refractivity contribution in [3.63, 3.8) is 0 Å². The second kappa shape index (κ2) is 4.90. The molecule has 0 bridgehead atoms. The van der Waals surface area contributed by atoms with Crippen LogP contribution in [0.3, 0.4) is 0 Å². The molecule has 0 unspecified atom stereocenters. The largest absolute Gasteiger partial charge is 0.464 e. The molecule has 0 saturated carbocycles. The van der Waals surface area contributed by atoms with Crippen LogP contribution in [0.5, 0.6) is 0 Å². The molecule has 0 aliphatic heterocycles. The van der Waals surface area contributed by atoms with Crippen molar-refractivity contribution in [1.29, 1.82) is 0 Å². The lowest BCUT2D eigenvalue weighted by Gasteiger charge is -2.04. The first kappa shape index (κ1) is 12.8. The zero-order valence-electron chi connectivity index (χ0n) is 10.9. The van der Waals surface area contributed by atoms with Gasteiger partial charge >= 0.3 is 5.97 Å². The van der Waals surface area contributed by atoms with E-state index < -0.39 is 0 Å². The molecule has 3 nitrogen and oxygen atoms in total. The Labute approximate surface area is 110 Å². The van der Waals surface area contributed by atoms with Gasteiger partial charge in [-0.05, 0) is 26.3 Å². The number of aryl methyl sites for hydroxylation is 3. The molecule has 18 heavy (non-hydrogen) atoms. The topological polar surface area (TPSA) is 39.2 Å². The van der Waals surface area contributed by atoms with E-state index >= 15 is 0 Å². The van der Waals surface area contributed by atoms with Gasteiger partial charge in [0.25, 0.3) is 0 Å². The summed E-state index contributed by atoms with van der Waals surface area (Å²) >= 11 is 1.52. The summed E-state index contributed by atoms with van der Waals surface area (Å²) < 4.78 is 4.78. The fourth-order valence-corrected chi connectivity index (χ4v) is 2.86. The highest BCUT2D eigenvalue weighted by atomic mass is 32.1. The number of carbonyl (C=O) groups excluding carboxylic acids is 1. The monoisotopic (exact) mass is 261 g/mol. The molecule has 0 saturated heterocycles. The number of hydrogen-bond acceptors (Lipinski definition) is 4. The third kappa shape index (κ3) is 2.43. The Bertz CT molecular complexity index is 582. The first-order valence-electron chi connectivity index (χ1n) is 5.65. The van der Waals surface area contributed by atoms with E-state index in [2.05, 4.69) is 23.2 Å². The van der Waals surface area contributed by atoms with Crippen molar-refractivity contribution < 1.29 is 9.53 Å². The minimum atomic E-state index is -0.381. The predicted octanol–water partition coefficient (Wildman–Crippen LogP) is 3.52. The molecule has 0 radical (unpaired) electrons. The third-order valence-electron chi connectivity index (χ3n) is 2.60. The van der Waals surface area contributed by atoms with Crippen LogP contribution in [0, 0.1) is 20.8 Å². The quantitative estimate of drug-likeness (QED) is 0.776. The van der Waals surface area contributed by atoms with Gasteiger partial charge in [0.2, 0.25) is 0 Å². The number of esters is 1. The molecule has 0 fully saturated rings. The van der Waals surface area contributed by atoms with Crippen molar-refractivity contribution in [2.24, 2.45) is 0 Å². The van der Waals surface area contributed by atoms with Gasteiger partial charge in [-0.3, -0.25) is 0 Å². The van der Waals surface area contributed by atoms with Gasteiger partial charge in [-0.2, -0.15) is 0 Å². The normalized spacial score (nSPS) is 10.4. The molecular weight excluding hydrogens is 246 g/mol. The molecule has 94 valence electrons. The summed E-state index contributed by atoms with van der Waals surface area (Å²) in [6, 6.07) is 6.23. The van der Waals surface area contributed by atoms with E-state index in [0.29, 0.717) is 5.69 Å². The highest BCUT2D eigenvalue weighted by Crippen LogP contribution is 2.31. The number of aromatic nitrogens is 1. The maximum atomic E-state index is 11.7. The van der Waals surface area contributed by atoms with Gasteiger partial charge in [-0.15, -0.1) is 11.3 Å². The first-order valence-corrected chi connectivity index (χ1v) is 6.47. The summed E-state index contributed by atoms with van der Waals surface area (Å²) in [4.78, 5) is 16.9. The summed E-state index contributed by atoms with van der Waals surface area (Å²) in [6.45, 7) is 5.98. The molecule has 4 heteroatoms. The Morgan fingerprint density at radius 1 is 1.17 bits per heavy atom. The van der Waals surface area contributed by atoms with Crippen LogP contribution in [0.4, 0.5) is 0 Å². The van der Waals surface area contributed by atoms with Crippen molar-refractivity contribution >= 4 is 17.3 Å². The lowest BCUT2D eigenvalue weighted by molar-refractivity contribution is 0.0595. The Morgan fingerprint density at radius 3 is 2.33 bits per heavy atom. The Kier molecular flexibility index (Phi) is 3.48. The van der Waals surface area contributed by atoms with Crippen LogP contribution >= 0.6 is 11.3 Å². The molecule has 0 spiro atoms. The minimum Gasteiger partial charge on any atom is -0.464 e. The summed E-state index contributed by atoms with van der Waals surface area (Å²) in [5.74, 6) is -0.381. The van der Waals surface area contributed by atoms with Gasteiger partial charge in [0.05, 0.1) is 17.0 Å². The van der Waals surface area contributed by atoms with Crippen molar-refractivity contribution in [1.82, 2.24) is 4.98 Å². The molecule has 0 aliphatic carbocycles. The molecule has 1 aromatic carbocycles. The molecular formula is C14H15NO2S. The molecule has 0 atom stereocenters. The van der Waals surface area contributed by atoms with Crippen LogP contribution in [-0.2, 0) is 4.74 Å². The number of methoxy groups -OCH3 is 1. The van der Waals surface area contributed by atoms with E-state index in [9.17, 15) is 4.79 Å². The standard InChI is InChI=1S/C14H15NO2S/c1-8-5-9(2)7-11(6-8)13-12(14(16)17-4)15-10(3)18-13/h5-7H,1-4H3. The average molecular weight is 261 g/mol. The second-order valence-electron chi connectivity index (χ2n) is 4.28. The van der Waals surface area contributed by atoms with Crippen LogP contribution in [-0.4, -0.2) is 18.1 Å². The van der Waals surface area contributed by atoms with Gasteiger partial charge in [-0.1, -0.05) is 29.3 Å². The number of hydrogen-bond donors (Lipinski definition) is 0. The van der Waals surface area contributed by atoms with Crippen molar-refractivity contribution in [3.8, 4) is 10.4 Å². The molecule has 0 aliphatic rings. The molecule has 1 heterocycles. The van der Waals surface area contributed by atoms with Gasteiger partial charge in [0, 0.05) is 0 Å². The lowest BCUT2D eigenvalue weighted by Crippen LogP contribution is -2.03. The summed E-state index contributed by atoms with van der Waals surface area (Å²) in [5, 5.41) is 0.865. The van der Waals surface area contributed by atoms with Crippen molar-refractivity contribution in [2.75, 3.05) is 7.11 Å². The van der Waals surface area contributed by atoms with Crippen LogP contribution in [0.2, 0.25) is 0 Å². The first-order chi connectivity index (χ1) is 8.51. The Balaban J connectivity index is 2.59. The van der Waals surface area contributed by atoms with E-state index in [1.165, 1.54) is 29.6 Å². The summed E-state index contributed by atoms with van der Waals surface area (Å²) in [5.41, 5.74) is 3.78. The number of thiazole rings is 1. The second-order valence-corrected chi connectivity index (χ2v) is 5.48. The van der Waals surface area contributed by atoms with Crippen LogP contribution < -0.4 is 0 Å². The van der Waals surface area contributed by atoms with Gasteiger partial charge in [0.15, 0.2) is 5.69 Å². The van der Waals surface area contributed by atoms with E-state index in [1.807, 2.05) is 20.8 Å². The fraction of sp³-hybridized carbons (Fsp3) is 0.286.